The number of nitrogens with one attached hydrogen (secondary N) is 1. The van der Waals surface area contributed by atoms with Crippen molar-refractivity contribution in [1.82, 2.24) is 14.5 Å². The first kappa shape index (κ1) is 19.1. The predicted octanol–water partition coefficient (Wildman–Crippen LogP) is 2.71. The maximum Gasteiger partial charge on any atom is 0.244 e. The van der Waals surface area contributed by atoms with Crippen molar-refractivity contribution in [2.24, 2.45) is 0 Å². The second-order valence-electron chi connectivity index (χ2n) is 6.29. The normalized spacial score (nSPS) is 15.8. The molecule has 3 N–H and O–H groups in total. The molecule has 148 valence electrons. The average Bonchev–Trinajstić information content (AvgIpc) is 3.37. The van der Waals surface area contributed by atoms with E-state index in [1.807, 2.05) is 4.90 Å². The molecule has 1 saturated heterocycles. The summed E-state index contributed by atoms with van der Waals surface area (Å²) in [6, 6.07) is 4.22. The van der Waals surface area contributed by atoms with E-state index in [1.54, 1.807) is 23.0 Å². The molecule has 0 atom stereocenters. The Kier molecular flexibility index (Phi) is 4.96. The van der Waals surface area contributed by atoms with E-state index >= 15 is 0 Å². The van der Waals surface area contributed by atoms with Crippen LogP contribution in [0.15, 0.2) is 40.1 Å². The molecule has 1 aliphatic heterocycles. The summed E-state index contributed by atoms with van der Waals surface area (Å²) >= 11 is 7.32. The summed E-state index contributed by atoms with van der Waals surface area (Å²) in [6.07, 6.45) is 1.69. The van der Waals surface area contributed by atoms with Gasteiger partial charge in [0.05, 0.1) is 15.6 Å². The van der Waals surface area contributed by atoms with Crippen molar-refractivity contribution in [2.75, 3.05) is 31.1 Å². The Balaban J connectivity index is 1.56. The lowest BCUT2D eigenvalue weighted by atomic mass is 10.1. The van der Waals surface area contributed by atoms with Crippen molar-refractivity contribution < 1.29 is 18.6 Å². The summed E-state index contributed by atoms with van der Waals surface area (Å²) < 4.78 is 26.8. The summed E-state index contributed by atoms with van der Waals surface area (Å²) in [5.74, 6) is -0.360. The quantitative estimate of drug-likeness (QED) is 0.575. The Bertz CT molecular complexity index is 1090. The van der Waals surface area contributed by atoms with Crippen LogP contribution in [0.3, 0.4) is 0 Å². The van der Waals surface area contributed by atoms with Crippen LogP contribution in [0.1, 0.15) is 0 Å². The summed E-state index contributed by atoms with van der Waals surface area (Å²) in [5.41, 5.74) is 1.59. The van der Waals surface area contributed by atoms with Crippen LogP contribution in [0.2, 0.25) is 5.02 Å². The van der Waals surface area contributed by atoms with Gasteiger partial charge in [-0.3, -0.25) is 5.10 Å². The number of anilines is 1. The number of sulfonamides is 1. The van der Waals surface area contributed by atoms with Crippen molar-refractivity contribution in [3.8, 4) is 22.8 Å². The van der Waals surface area contributed by atoms with Gasteiger partial charge in [0, 0.05) is 49.4 Å². The highest BCUT2D eigenvalue weighted by Gasteiger charge is 2.30. The van der Waals surface area contributed by atoms with E-state index in [1.165, 1.54) is 27.8 Å². The van der Waals surface area contributed by atoms with Gasteiger partial charge in [-0.25, -0.2) is 8.42 Å². The van der Waals surface area contributed by atoms with Crippen molar-refractivity contribution >= 4 is 38.6 Å². The maximum absolute atomic E-state index is 12.7. The van der Waals surface area contributed by atoms with Gasteiger partial charge in [0.25, 0.3) is 0 Å². The monoisotopic (exact) mass is 440 g/mol. The smallest absolute Gasteiger partial charge is 0.244 e. The number of phenolic OH excluding ortho intramolecular Hbond substituents is 2. The first-order valence-corrected chi connectivity index (χ1v) is 11.2. The zero-order valence-corrected chi connectivity index (χ0v) is 16.9. The van der Waals surface area contributed by atoms with Gasteiger partial charge >= 0.3 is 0 Å². The molecule has 1 fully saturated rings. The van der Waals surface area contributed by atoms with E-state index in [0.717, 1.165) is 5.69 Å². The molecule has 3 aromatic rings. The number of thiophene rings is 1. The van der Waals surface area contributed by atoms with E-state index in [-0.39, 0.29) is 16.5 Å². The largest absolute Gasteiger partial charge is 0.507 e. The molecule has 2 aromatic heterocycles. The van der Waals surface area contributed by atoms with Crippen LogP contribution in [0.4, 0.5) is 5.69 Å². The first-order chi connectivity index (χ1) is 13.4. The fourth-order valence-electron chi connectivity index (χ4n) is 3.18. The molecule has 1 aliphatic rings. The predicted molar refractivity (Wildman–Crippen MR) is 108 cm³/mol. The van der Waals surface area contributed by atoms with Crippen LogP contribution in [0.5, 0.6) is 11.5 Å². The molecule has 3 heterocycles. The van der Waals surface area contributed by atoms with Gasteiger partial charge in [0.15, 0.2) is 0 Å². The van der Waals surface area contributed by atoms with Crippen LogP contribution in [-0.2, 0) is 10.0 Å². The molecular formula is C17H17ClN4O4S2. The summed E-state index contributed by atoms with van der Waals surface area (Å²) in [7, 11) is -3.48. The van der Waals surface area contributed by atoms with Crippen LogP contribution >= 0.6 is 22.9 Å². The third kappa shape index (κ3) is 3.32. The molecule has 0 bridgehead atoms. The van der Waals surface area contributed by atoms with Crippen LogP contribution in [-0.4, -0.2) is 59.3 Å². The second kappa shape index (κ2) is 7.28. The number of nitrogens with zero attached hydrogens (tertiary/aromatic N) is 3. The molecule has 0 amide bonds. The van der Waals surface area contributed by atoms with Gasteiger partial charge < -0.3 is 15.1 Å². The molecule has 0 radical (unpaired) electrons. The van der Waals surface area contributed by atoms with E-state index in [9.17, 15) is 18.6 Å². The molecule has 28 heavy (non-hydrogen) atoms. The number of halogens is 1. The number of hydrogen-bond acceptors (Lipinski definition) is 7. The summed E-state index contributed by atoms with van der Waals surface area (Å²) in [6.45, 7) is 1.63. The number of rotatable bonds is 4. The zero-order valence-electron chi connectivity index (χ0n) is 14.5. The minimum atomic E-state index is -3.48. The third-order valence-electron chi connectivity index (χ3n) is 4.65. The van der Waals surface area contributed by atoms with E-state index in [0.29, 0.717) is 42.3 Å². The van der Waals surface area contributed by atoms with Gasteiger partial charge in [0.2, 0.25) is 10.0 Å². The summed E-state index contributed by atoms with van der Waals surface area (Å²) in [4.78, 5) is 2.32. The topological polar surface area (TPSA) is 110 Å². The highest BCUT2D eigenvalue weighted by Crippen LogP contribution is 2.40. The molecule has 8 nitrogen and oxygen atoms in total. The van der Waals surface area contributed by atoms with Crippen molar-refractivity contribution in [2.45, 2.75) is 4.90 Å². The minimum Gasteiger partial charge on any atom is -0.507 e. The van der Waals surface area contributed by atoms with Crippen molar-refractivity contribution in [3.05, 3.63) is 40.2 Å². The fourth-order valence-corrected chi connectivity index (χ4v) is 5.78. The average molecular weight is 441 g/mol. The van der Waals surface area contributed by atoms with Crippen LogP contribution < -0.4 is 4.90 Å². The molecule has 0 aliphatic carbocycles. The molecule has 4 rings (SSSR count). The lowest BCUT2D eigenvalue weighted by Crippen LogP contribution is -2.48. The third-order valence-corrected chi connectivity index (χ3v) is 7.68. The first-order valence-electron chi connectivity index (χ1n) is 8.41. The Labute approximate surface area is 170 Å². The number of hydrogen-bond donors (Lipinski definition) is 3. The van der Waals surface area contributed by atoms with Gasteiger partial charge in [0.1, 0.15) is 17.2 Å². The Morgan fingerprint density at radius 1 is 1.14 bits per heavy atom. The number of benzene rings is 1. The van der Waals surface area contributed by atoms with E-state index in [4.69, 9.17) is 11.6 Å². The molecule has 0 unspecified atom stereocenters. The number of aromatic nitrogens is 2. The van der Waals surface area contributed by atoms with E-state index in [2.05, 4.69) is 10.2 Å². The fraction of sp³-hybridized carbons (Fsp3) is 0.235. The van der Waals surface area contributed by atoms with E-state index < -0.39 is 10.0 Å². The second-order valence-corrected chi connectivity index (χ2v) is 9.42. The number of aromatic amines is 1. The molecular weight excluding hydrogens is 424 g/mol. The van der Waals surface area contributed by atoms with Gasteiger partial charge in [-0.2, -0.15) is 20.7 Å². The molecule has 11 heteroatoms. The number of phenols is 2. The lowest BCUT2D eigenvalue weighted by Gasteiger charge is -2.35. The highest BCUT2D eigenvalue weighted by atomic mass is 35.5. The molecule has 0 spiro atoms. The Morgan fingerprint density at radius 3 is 2.57 bits per heavy atom. The Hall–Kier alpha value is -2.27. The minimum absolute atomic E-state index is 0.105. The standard InChI is InChI=1S/C17H17ClN4O4S2/c18-13-7-12(15(23)8-16(13)24)17-14(9-19-20-17)21-2-4-22(5-3-21)28(25,26)11-1-6-27-10-11/h1,6-10,23-24H,2-5H2,(H,19,20). The summed E-state index contributed by atoms with van der Waals surface area (Å²) in [5, 5.41) is 30.3. The van der Waals surface area contributed by atoms with Crippen molar-refractivity contribution in [3.63, 3.8) is 0 Å². The number of H-pyrrole nitrogens is 1. The van der Waals surface area contributed by atoms with Crippen LogP contribution in [0, 0.1) is 0 Å². The maximum atomic E-state index is 12.7. The SMILES string of the molecule is O=S(=O)(c1ccsc1)N1CCN(c2c[nH]nc2-c2cc(Cl)c(O)cc2O)CC1. The molecule has 1 aromatic carbocycles. The van der Waals surface area contributed by atoms with Gasteiger partial charge in [-0.1, -0.05) is 11.6 Å². The molecule has 0 saturated carbocycles. The number of aromatic hydroxyl groups is 2. The lowest BCUT2D eigenvalue weighted by molar-refractivity contribution is 0.385. The highest BCUT2D eigenvalue weighted by molar-refractivity contribution is 7.89. The van der Waals surface area contributed by atoms with Crippen molar-refractivity contribution in [1.29, 1.82) is 0 Å². The van der Waals surface area contributed by atoms with Gasteiger partial charge in [-0.05, 0) is 17.5 Å². The van der Waals surface area contributed by atoms with Crippen LogP contribution in [0.25, 0.3) is 11.3 Å². The Morgan fingerprint density at radius 2 is 1.89 bits per heavy atom. The zero-order chi connectivity index (χ0) is 19.9. The van der Waals surface area contributed by atoms with Gasteiger partial charge in [-0.15, -0.1) is 0 Å². The number of piperazine rings is 1.